The minimum atomic E-state index is -0.240. The Bertz CT molecular complexity index is 847. The molecule has 0 spiro atoms. The van der Waals surface area contributed by atoms with Gasteiger partial charge in [-0.25, -0.2) is 4.98 Å². The molecular weight excluding hydrogens is 324 g/mol. The molecule has 0 fully saturated rings. The van der Waals surface area contributed by atoms with Crippen LogP contribution in [0.4, 0.5) is 5.13 Å². The van der Waals surface area contributed by atoms with Gasteiger partial charge in [-0.2, -0.15) is 0 Å². The Hall–Kier alpha value is -2.86. The molecule has 0 atom stereocenters. The number of carbonyl (C=O) groups is 1. The molecule has 0 radical (unpaired) electrons. The van der Waals surface area contributed by atoms with Crippen molar-refractivity contribution in [3.63, 3.8) is 0 Å². The molecule has 1 amide bonds. The van der Waals surface area contributed by atoms with Gasteiger partial charge in [0.1, 0.15) is 21.7 Å². The van der Waals surface area contributed by atoms with E-state index < -0.39 is 0 Å². The number of amides is 1. The van der Waals surface area contributed by atoms with Gasteiger partial charge in [0.25, 0.3) is 0 Å². The highest BCUT2D eigenvalue weighted by molar-refractivity contribution is 7.22. The van der Waals surface area contributed by atoms with Crippen LogP contribution in [-0.2, 0) is 4.79 Å². The summed E-state index contributed by atoms with van der Waals surface area (Å²) < 4.78 is 11.5. The number of nitrogens with zero attached hydrogens (tertiary/aromatic N) is 1. The smallest absolute Gasteiger partial charge is 0.250 e. The number of hydrogen-bond donors (Lipinski definition) is 1. The molecule has 1 aromatic heterocycles. The number of ether oxygens (including phenoxy) is 2. The first-order valence-corrected chi connectivity index (χ1v) is 8.08. The first kappa shape index (κ1) is 16.0. The number of thiazole rings is 1. The second-order valence-electron chi connectivity index (χ2n) is 4.90. The van der Waals surface area contributed by atoms with E-state index in [-0.39, 0.29) is 5.91 Å². The second kappa shape index (κ2) is 7.14. The Morgan fingerprint density at radius 1 is 1.08 bits per heavy atom. The summed E-state index contributed by atoms with van der Waals surface area (Å²) >= 11 is 1.35. The number of nitrogens with one attached hydrogen (secondary N) is 1. The molecule has 3 aromatic rings. The maximum absolute atomic E-state index is 12.1. The summed E-state index contributed by atoms with van der Waals surface area (Å²) in [6, 6.07) is 13.2. The fourth-order valence-electron chi connectivity index (χ4n) is 2.22. The van der Waals surface area contributed by atoms with Crippen molar-refractivity contribution in [1.82, 2.24) is 4.98 Å². The van der Waals surface area contributed by atoms with Crippen molar-refractivity contribution in [3.05, 3.63) is 54.1 Å². The van der Waals surface area contributed by atoms with Gasteiger partial charge >= 0.3 is 0 Å². The lowest BCUT2D eigenvalue weighted by molar-refractivity contribution is -0.111. The van der Waals surface area contributed by atoms with Gasteiger partial charge in [0.15, 0.2) is 5.13 Å². The summed E-state index contributed by atoms with van der Waals surface area (Å²) in [4.78, 5) is 16.5. The standard InChI is InChI=1S/C18H16N2O3S/c1-22-13-9-10-14(23-2)17-16(13)20-18(24-17)19-15(21)11-8-12-6-4-3-5-7-12/h3-11H,1-2H3,(H,19,20,21)/b11-8+. The fraction of sp³-hybridized carbons (Fsp3) is 0.111. The largest absolute Gasteiger partial charge is 0.495 e. The van der Waals surface area contributed by atoms with Crippen LogP contribution in [0.3, 0.4) is 0 Å². The average Bonchev–Trinajstić information content (AvgIpc) is 3.03. The van der Waals surface area contributed by atoms with Gasteiger partial charge in [0, 0.05) is 6.08 Å². The molecule has 0 aliphatic carbocycles. The highest BCUT2D eigenvalue weighted by atomic mass is 32.1. The van der Waals surface area contributed by atoms with Gasteiger partial charge < -0.3 is 9.47 Å². The summed E-state index contributed by atoms with van der Waals surface area (Å²) in [6.07, 6.45) is 3.24. The predicted octanol–water partition coefficient (Wildman–Crippen LogP) is 3.97. The van der Waals surface area contributed by atoms with Crippen molar-refractivity contribution in [3.8, 4) is 11.5 Å². The van der Waals surface area contributed by atoms with Crippen LogP contribution in [-0.4, -0.2) is 25.1 Å². The second-order valence-corrected chi connectivity index (χ2v) is 5.90. The molecule has 122 valence electrons. The van der Waals surface area contributed by atoms with Crippen LogP contribution in [0.2, 0.25) is 0 Å². The van der Waals surface area contributed by atoms with Gasteiger partial charge in [-0.1, -0.05) is 41.7 Å². The van der Waals surface area contributed by atoms with Crippen LogP contribution in [0.25, 0.3) is 16.3 Å². The Morgan fingerprint density at radius 3 is 2.50 bits per heavy atom. The lowest BCUT2D eigenvalue weighted by Gasteiger charge is -2.03. The summed E-state index contributed by atoms with van der Waals surface area (Å²) in [7, 11) is 3.18. The quantitative estimate of drug-likeness (QED) is 0.714. The van der Waals surface area contributed by atoms with E-state index in [0.29, 0.717) is 22.1 Å². The SMILES string of the molecule is COc1ccc(OC)c2sc(NC(=O)/C=C/c3ccccc3)nc12. The first-order valence-electron chi connectivity index (χ1n) is 7.27. The molecule has 5 nitrogen and oxygen atoms in total. The predicted molar refractivity (Wildman–Crippen MR) is 96.8 cm³/mol. The van der Waals surface area contributed by atoms with Crippen molar-refractivity contribution in [2.45, 2.75) is 0 Å². The number of anilines is 1. The molecule has 0 bridgehead atoms. The molecule has 0 saturated heterocycles. The molecule has 0 aliphatic rings. The number of hydrogen-bond acceptors (Lipinski definition) is 5. The van der Waals surface area contributed by atoms with Gasteiger partial charge in [0.2, 0.25) is 5.91 Å². The van der Waals surface area contributed by atoms with Crippen molar-refractivity contribution >= 4 is 38.7 Å². The normalized spacial score (nSPS) is 10.9. The van der Waals surface area contributed by atoms with Crippen molar-refractivity contribution in [2.24, 2.45) is 0 Å². The van der Waals surface area contributed by atoms with E-state index in [1.54, 1.807) is 26.4 Å². The number of rotatable bonds is 5. The zero-order valence-electron chi connectivity index (χ0n) is 13.3. The van der Waals surface area contributed by atoms with E-state index in [1.165, 1.54) is 17.4 Å². The van der Waals surface area contributed by atoms with Crippen molar-refractivity contribution < 1.29 is 14.3 Å². The molecule has 6 heteroatoms. The van der Waals surface area contributed by atoms with Crippen LogP contribution in [0.1, 0.15) is 5.56 Å². The number of benzene rings is 2. The van der Waals surface area contributed by atoms with E-state index in [9.17, 15) is 4.79 Å². The summed E-state index contributed by atoms with van der Waals surface area (Å²) in [5, 5.41) is 3.27. The maximum atomic E-state index is 12.1. The summed E-state index contributed by atoms with van der Waals surface area (Å²) in [5.74, 6) is 1.10. The zero-order valence-corrected chi connectivity index (χ0v) is 14.1. The van der Waals surface area contributed by atoms with Crippen LogP contribution in [0.5, 0.6) is 11.5 Å². The molecular formula is C18H16N2O3S. The molecule has 0 unspecified atom stereocenters. The van der Waals surface area contributed by atoms with E-state index in [2.05, 4.69) is 10.3 Å². The molecule has 3 rings (SSSR count). The summed E-state index contributed by atoms with van der Waals surface area (Å²) in [6.45, 7) is 0. The molecule has 0 saturated carbocycles. The fourth-order valence-corrected chi connectivity index (χ4v) is 3.20. The highest BCUT2D eigenvalue weighted by Gasteiger charge is 2.14. The summed E-state index contributed by atoms with van der Waals surface area (Å²) in [5.41, 5.74) is 1.63. The van der Waals surface area contributed by atoms with Gasteiger partial charge in [0.05, 0.1) is 14.2 Å². The zero-order chi connectivity index (χ0) is 16.9. The third-order valence-electron chi connectivity index (χ3n) is 3.37. The van der Waals surface area contributed by atoms with Gasteiger partial charge in [-0.15, -0.1) is 0 Å². The van der Waals surface area contributed by atoms with E-state index >= 15 is 0 Å². The lowest BCUT2D eigenvalue weighted by atomic mass is 10.2. The third-order valence-corrected chi connectivity index (χ3v) is 4.35. The Kier molecular flexibility index (Phi) is 4.77. The molecule has 1 heterocycles. The van der Waals surface area contributed by atoms with Gasteiger partial charge in [-0.3, -0.25) is 10.1 Å². The highest BCUT2D eigenvalue weighted by Crippen LogP contribution is 2.38. The van der Waals surface area contributed by atoms with Crippen molar-refractivity contribution in [2.75, 3.05) is 19.5 Å². The molecule has 0 aliphatic heterocycles. The Morgan fingerprint density at radius 2 is 1.79 bits per heavy atom. The van der Waals surface area contributed by atoms with Crippen LogP contribution in [0, 0.1) is 0 Å². The van der Waals surface area contributed by atoms with Crippen LogP contribution in [0.15, 0.2) is 48.5 Å². The molecule has 24 heavy (non-hydrogen) atoms. The minimum absolute atomic E-state index is 0.240. The van der Waals surface area contributed by atoms with Crippen molar-refractivity contribution in [1.29, 1.82) is 0 Å². The van der Waals surface area contributed by atoms with E-state index in [4.69, 9.17) is 9.47 Å². The van der Waals surface area contributed by atoms with E-state index in [0.717, 1.165) is 10.3 Å². The topological polar surface area (TPSA) is 60.5 Å². The van der Waals surface area contributed by atoms with Crippen LogP contribution >= 0.6 is 11.3 Å². The minimum Gasteiger partial charge on any atom is -0.495 e. The lowest BCUT2D eigenvalue weighted by Crippen LogP contribution is -2.07. The number of fused-ring (bicyclic) bond motifs is 1. The Labute approximate surface area is 143 Å². The van der Waals surface area contributed by atoms with Gasteiger partial charge in [-0.05, 0) is 23.8 Å². The van der Waals surface area contributed by atoms with E-state index in [1.807, 2.05) is 36.4 Å². The number of aromatic nitrogens is 1. The first-order chi connectivity index (χ1) is 11.7. The third kappa shape index (κ3) is 3.38. The maximum Gasteiger partial charge on any atom is 0.250 e. The molecule has 1 N–H and O–H groups in total. The number of carbonyl (C=O) groups excluding carboxylic acids is 1. The monoisotopic (exact) mass is 340 g/mol. The average molecular weight is 340 g/mol. The van der Waals surface area contributed by atoms with Crippen LogP contribution < -0.4 is 14.8 Å². The Balaban J connectivity index is 1.82. The number of methoxy groups -OCH3 is 2. The molecule has 2 aromatic carbocycles.